The van der Waals surface area contributed by atoms with E-state index in [1.54, 1.807) is 0 Å². The molecule has 1 atom stereocenters. The second-order valence-corrected chi connectivity index (χ2v) is 12.2. The zero-order chi connectivity index (χ0) is 28.4. The quantitative estimate of drug-likeness (QED) is 0.263. The van der Waals surface area contributed by atoms with Crippen LogP contribution in [0.4, 0.5) is 0 Å². The zero-order valence-corrected chi connectivity index (χ0v) is 24.5. The smallest absolute Gasteiger partial charge is 0.271 e. The van der Waals surface area contributed by atoms with Crippen LogP contribution in [0.1, 0.15) is 72.1 Å². The molecule has 1 aliphatic heterocycles. The molecule has 0 spiro atoms. The molecule has 1 saturated carbocycles. The fourth-order valence-electron chi connectivity index (χ4n) is 6.71. The molecule has 1 aliphatic carbocycles. The van der Waals surface area contributed by atoms with Gasteiger partial charge in [0.15, 0.2) is 5.54 Å². The first-order valence-electron chi connectivity index (χ1n) is 15.0. The van der Waals surface area contributed by atoms with Gasteiger partial charge in [-0.05, 0) is 67.1 Å². The van der Waals surface area contributed by atoms with Crippen LogP contribution in [0.25, 0.3) is 10.9 Å². The Labute approximate surface area is 247 Å². The number of aromatic nitrogens is 1. The lowest BCUT2D eigenvalue weighted by Crippen LogP contribution is -2.64. The van der Waals surface area contributed by atoms with E-state index in [0.29, 0.717) is 30.2 Å². The van der Waals surface area contributed by atoms with Gasteiger partial charge in [-0.2, -0.15) is 0 Å². The average Bonchev–Trinajstić information content (AvgIpc) is 3.32. The topological polar surface area (TPSA) is 54.3 Å². The number of aryl methyl sites for hydroxylation is 1. The number of nitrogens with one attached hydrogen (secondary N) is 1. The summed E-state index contributed by atoms with van der Waals surface area (Å²) in [7, 11) is 0. The molecule has 2 amide bonds. The van der Waals surface area contributed by atoms with Gasteiger partial charge in [-0.1, -0.05) is 98.3 Å². The van der Waals surface area contributed by atoms with Crippen LogP contribution in [0, 0.1) is 6.92 Å². The van der Waals surface area contributed by atoms with Gasteiger partial charge in [0.1, 0.15) is 5.69 Å². The Balaban J connectivity index is 1.47. The van der Waals surface area contributed by atoms with E-state index in [1.165, 1.54) is 19.3 Å². The van der Waals surface area contributed by atoms with Crippen molar-refractivity contribution in [1.82, 2.24) is 14.8 Å². The van der Waals surface area contributed by atoms with Gasteiger partial charge in [0.25, 0.3) is 11.8 Å². The Morgan fingerprint density at radius 1 is 0.927 bits per heavy atom. The highest BCUT2D eigenvalue weighted by Crippen LogP contribution is 2.40. The van der Waals surface area contributed by atoms with Crippen molar-refractivity contribution in [2.45, 2.75) is 76.4 Å². The SMILES string of the molecule is Cc1ccc2cc3n(c2c1)C[C@@](C(=O)NC1CCCCCCC1)(c1ccccc1)N(CCc1ccc(Cl)cc1)C3=O. The van der Waals surface area contributed by atoms with E-state index in [4.69, 9.17) is 11.6 Å². The maximum absolute atomic E-state index is 14.8. The molecule has 1 aromatic heterocycles. The minimum absolute atomic E-state index is 0.0844. The van der Waals surface area contributed by atoms with Crippen LogP contribution in [0.3, 0.4) is 0 Å². The van der Waals surface area contributed by atoms with Crippen molar-refractivity contribution in [3.8, 4) is 0 Å². The van der Waals surface area contributed by atoms with Gasteiger partial charge in [0, 0.05) is 28.5 Å². The van der Waals surface area contributed by atoms with Crippen molar-refractivity contribution in [1.29, 1.82) is 0 Å². The summed E-state index contributed by atoms with van der Waals surface area (Å²) in [6.07, 6.45) is 8.50. The lowest BCUT2D eigenvalue weighted by molar-refractivity contribution is -0.135. The molecule has 1 fully saturated rings. The summed E-state index contributed by atoms with van der Waals surface area (Å²) in [5.74, 6) is -0.199. The minimum Gasteiger partial charge on any atom is -0.351 e. The van der Waals surface area contributed by atoms with Gasteiger partial charge in [-0.15, -0.1) is 0 Å². The van der Waals surface area contributed by atoms with Crippen molar-refractivity contribution in [3.63, 3.8) is 0 Å². The highest BCUT2D eigenvalue weighted by atomic mass is 35.5. The zero-order valence-electron chi connectivity index (χ0n) is 23.7. The number of hydrogen-bond donors (Lipinski definition) is 1. The lowest BCUT2D eigenvalue weighted by Gasteiger charge is -2.47. The largest absolute Gasteiger partial charge is 0.351 e. The Morgan fingerprint density at radius 3 is 2.37 bits per heavy atom. The molecular weight excluding hydrogens is 530 g/mol. The number of fused-ring (bicyclic) bond motifs is 3. The van der Waals surface area contributed by atoms with E-state index in [9.17, 15) is 9.59 Å². The standard InChI is InChI=1S/C35H38ClN3O2/c1-25-14-17-27-23-32-33(40)39(21-20-26-15-18-29(36)19-16-26)35(24-38(32)31(27)22-25,28-10-6-5-7-11-28)34(41)37-30-12-8-3-2-4-9-13-30/h5-7,10-11,14-19,22-23,30H,2-4,8-9,12-13,20-21,24H2,1H3,(H,37,41)/t35-/m0/s1. The van der Waals surface area contributed by atoms with Crippen LogP contribution in [0.15, 0.2) is 78.9 Å². The van der Waals surface area contributed by atoms with E-state index in [-0.39, 0.29) is 17.9 Å². The molecule has 5 nitrogen and oxygen atoms in total. The molecule has 3 aromatic carbocycles. The number of hydrogen-bond acceptors (Lipinski definition) is 2. The van der Waals surface area contributed by atoms with Crippen LogP contribution < -0.4 is 5.32 Å². The number of amides is 2. The Hall–Kier alpha value is -3.57. The van der Waals surface area contributed by atoms with Crippen LogP contribution in [-0.4, -0.2) is 33.9 Å². The molecule has 212 valence electrons. The van der Waals surface area contributed by atoms with Gasteiger partial charge in [-0.3, -0.25) is 9.59 Å². The molecule has 41 heavy (non-hydrogen) atoms. The predicted octanol–water partition coefficient (Wildman–Crippen LogP) is 7.43. The molecule has 2 heterocycles. The maximum Gasteiger partial charge on any atom is 0.271 e. The summed E-state index contributed by atoms with van der Waals surface area (Å²) in [6.45, 7) is 2.84. The molecule has 1 N–H and O–H groups in total. The van der Waals surface area contributed by atoms with Crippen molar-refractivity contribution >= 4 is 34.3 Å². The number of halogens is 1. The van der Waals surface area contributed by atoms with E-state index in [1.807, 2.05) is 65.6 Å². The molecule has 6 rings (SSSR count). The fourth-order valence-corrected chi connectivity index (χ4v) is 6.84. The fraction of sp³-hybridized carbons (Fsp3) is 0.371. The minimum atomic E-state index is -1.18. The lowest BCUT2D eigenvalue weighted by atomic mass is 9.83. The first kappa shape index (κ1) is 27.6. The van der Waals surface area contributed by atoms with Gasteiger partial charge in [0.05, 0.1) is 6.54 Å². The van der Waals surface area contributed by atoms with Gasteiger partial charge < -0.3 is 14.8 Å². The highest BCUT2D eigenvalue weighted by molar-refractivity contribution is 6.30. The molecule has 6 heteroatoms. The summed E-state index contributed by atoms with van der Waals surface area (Å²) in [6, 6.07) is 26.0. The third-order valence-electron chi connectivity index (χ3n) is 8.98. The number of carbonyl (C=O) groups excluding carboxylic acids is 2. The first-order valence-corrected chi connectivity index (χ1v) is 15.4. The molecule has 0 unspecified atom stereocenters. The summed E-state index contributed by atoms with van der Waals surface area (Å²) < 4.78 is 2.08. The molecule has 0 bridgehead atoms. The van der Waals surface area contributed by atoms with Gasteiger partial charge >= 0.3 is 0 Å². The van der Waals surface area contributed by atoms with E-state index in [0.717, 1.165) is 53.3 Å². The summed E-state index contributed by atoms with van der Waals surface area (Å²) >= 11 is 6.15. The van der Waals surface area contributed by atoms with Crippen molar-refractivity contribution < 1.29 is 9.59 Å². The van der Waals surface area contributed by atoms with Crippen LogP contribution in [0.5, 0.6) is 0 Å². The third kappa shape index (κ3) is 5.40. The second-order valence-electron chi connectivity index (χ2n) is 11.8. The number of benzene rings is 3. The normalized spacial score (nSPS) is 20.0. The molecule has 0 radical (unpaired) electrons. The third-order valence-corrected chi connectivity index (χ3v) is 9.23. The Bertz CT molecular complexity index is 1540. The van der Waals surface area contributed by atoms with E-state index < -0.39 is 5.54 Å². The van der Waals surface area contributed by atoms with Crippen molar-refractivity contribution in [2.75, 3.05) is 6.54 Å². The highest BCUT2D eigenvalue weighted by Gasteiger charge is 2.52. The molecular formula is C35H38ClN3O2. The van der Waals surface area contributed by atoms with Gasteiger partial charge in [0.2, 0.25) is 0 Å². The molecule has 4 aromatic rings. The maximum atomic E-state index is 14.8. The van der Waals surface area contributed by atoms with Crippen molar-refractivity contribution in [3.05, 3.63) is 106 Å². The van der Waals surface area contributed by atoms with E-state index >= 15 is 0 Å². The molecule has 2 aliphatic rings. The average molecular weight is 568 g/mol. The Kier molecular flexibility index (Phi) is 7.90. The van der Waals surface area contributed by atoms with Crippen LogP contribution >= 0.6 is 11.6 Å². The van der Waals surface area contributed by atoms with Crippen LogP contribution in [-0.2, 0) is 23.3 Å². The Morgan fingerprint density at radius 2 is 1.63 bits per heavy atom. The number of carbonyl (C=O) groups is 2. The van der Waals surface area contributed by atoms with Gasteiger partial charge in [-0.25, -0.2) is 0 Å². The predicted molar refractivity (Wildman–Crippen MR) is 165 cm³/mol. The number of rotatable bonds is 6. The summed E-state index contributed by atoms with van der Waals surface area (Å²) in [4.78, 5) is 31.2. The second kappa shape index (κ2) is 11.7. The monoisotopic (exact) mass is 567 g/mol. The first-order chi connectivity index (χ1) is 20.0. The molecule has 0 saturated heterocycles. The summed E-state index contributed by atoms with van der Waals surface area (Å²) in [5, 5.41) is 5.17. The van der Waals surface area contributed by atoms with Crippen molar-refractivity contribution in [2.24, 2.45) is 0 Å². The number of nitrogens with zero attached hydrogens (tertiary/aromatic N) is 2. The summed E-state index contributed by atoms with van der Waals surface area (Å²) in [5.41, 5.74) is 3.48. The van der Waals surface area contributed by atoms with E-state index in [2.05, 4.69) is 35.0 Å². The van der Waals surface area contributed by atoms with Crippen LogP contribution in [0.2, 0.25) is 5.02 Å².